The van der Waals surface area contributed by atoms with Crippen molar-refractivity contribution in [1.82, 2.24) is 15.1 Å². The van der Waals surface area contributed by atoms with E-state index < -0.39 is 0 Å². The Labute approximate surface area is 116 Å². The summed E-state index contributed by atoms with van der Waals surface area (Å²) in [6, 6.07) is 5.29. The molecule has 0 spiro atoms. The van der Waals surface area contributed by atoms with Gasteiger partial charge in [-0.15, -0.1) is 0 Å². The zero-order valence-electron chi connectivity index (χ0n) is 12.6. The zero-order chi connectivity index (χ0) is 13.8. The van der Waals surface area contributed by atoms with Gasteiger partial charge in [-0.25, -0.2) is 0 Å². The van der Waals surface area contributed by atoms with Crippen LogP contribution >= 0.6 is 0 Å². The van der Waals surface area contributed by atoms with Crippen LogP contribution in [0.3, 0.4) is 0 Å². The van der Waals surface area contributed by atoms with Crippen LogP contribution in [-0.2, 0) is 13.1 Å². The second-order valence-corrected chi connectivity index (χ2v) is 5.99. The smallest absolute Gasteiger partial charge is 0.118 e. The van der Waals surface area contributed by atoms with Gasteiger partial charge in [0, 0.05) is 31.7 Å². The fourth-order valence-electron chi connectivity index (χ4n) is 2.52. The van der Waals surface area contributed by atoms with Crippen molar-refractivity contribution in [2.75, 3.05) is 26.7 Å². The Hall–Kier alpha value is -0.840. The zero-order valence-corrected chi connectivity index (χ0v) is 12.6. The van der Waals surface area contributed by atoms with E-state index in [2.05, 4.69) is 55.1 Å². The summed E-state index contributed by atoms with van der Waals surface area (Å²) in [5.41, 5.74) is 0. The fraction of sp³-hybridized carbons (Fsp3) is 0.733. The maximum absolute atomic E-state index is 5.89. The molecule has 1 atom stereocenters. The summed E-state index contributed by atoms with van der Waals surface area (Å²) in [6.45, 7) is 11.7. The normalized spacial score (nSPS) is 22.3. The van der Waals surface area contributed by atoms with E-state index in [1.54, 1.807) is 0 Å². The summed E-state index contributed by atoms with van der Waals surface area (Å²) < 4.78 is 5.89. The number of piperazine rings is 1. The molecule has 19 heavy (non-hydrogen) atoms. The van der Waals surface area contributed by atoms with E-state index >= 15 is 0 Å². The van der Waals surface area contributed by atoms with Gasteiger partial charge in [0.15, 0.2) is 0 Å². The van der Waals surface area contributed by atoms with Gasteiger partial charge in [-0.2, -0.15) is 0 Å². The minimum absolute atomic E-state index is 0.492. The molecule has 1 aromatic heterocycles. The standard InChI is InChI=1S/C15H27N3O/c1-12(2)16-9-14-5-6-15(19-14)11-18-8-7-17(4)10-13(18)3/h5-6,12-13,16H,7-11H2,1-4H3. The van der Waals surface area contributed by atoms with Crippen molar-refractivity contribution < 1.29 is 4.42 Å². The highest BCUT2D eigenvalue weighted by Gasteiger charge is 2.22. The van der Waals surface area contributed by atoms with E-state index in [1.165, 1.54) is 0 Å². The molecule has 2 rings (SSSR count). The van der Waals surface area contributed by atoms with Gasteiger partial charge in [0.05, 0.1) is 13.1 Å². The van der Waals surface area contributed by atoms with Crippen LogP contribution in [0.1, 0.15) is 32.3 Å². The lowest BCUT2D eigenvalue weighted by molar-refractivity contribution is 0.0871. The third kappa shape index (κ3) is 4.34. The number of rotatable bonds is 5. The average molecular weight is 265 g/mol. The quantitative estimate of drug-likeness (QED) is 0.881. The molecule has 0 bridgehead atoms. The van der Waals surface area contributed by atoms with Crippen LogP contribution in [0.4, 0.5) is 0 Å². The first-order valence-corrected chi connectivity index (χ1v) is 7.28. The van der Waals surface area contributed by atoms with Crippen LogP contribution in [0.2, 0.25) is 0 Å². The van der Waals surface area contributed by atoms with E-state index in [4.69, 9.17) is 4.42 Å². The van der Waals surface area contributed by atoms with E-state index in [0.29, 0.717) is 12.1 Å². The van der Waals surface area contributed by atoms with Crippen molar-refractivity contribution >= 4 is 0 Å². The fourth-order valence-corrected chi connectivity index (χ4v) is 2.52. The predicted molar refractivity (Wildman–Crippen MR) is 78.1 cm³/mol. The maximum atomic E-state index is 5.89. The molecule has 0 aromatic carbocycles. The molecule has 1 saturated heterocycles. The van der Waals surface area contributed by atoms with Crippen molar-refractivity contribution in [3.63, 3.8) is 0 Å². The Morgan fingerprint density at radius 3 is 2.74 bits per heavy atom. The number of nitrogens with one attached hydrogen (secondary N) is 1. The summed E-state index contributed by atoms with van der Waals surface area (Å²) in [5.74, 6) is 2.11. The molecule has 0 saturated carbocycles. The van der Waals surface area contributed by atoms with Crippen molar-refractivity contribution in [3.8, 4) is 0 Å². The van der Waals surface area contributed by atoms with E-state index in [0.717, 1.165) is 44.2 Å². The summed E-state index contributed by atoms with van der Waals surface area (Å²) >= 11 is 0. The van der Waals surface area contributed by atoms with Crippen LogP contribution in [-0.4, -0.2) is 48.6 Å². The lowest BCUT2D eigenvalue weighted by Gasteiger charge is -2.37. The van der Waals surface area contributed by atoms with E-state index in [9.17, 15) is 0 Å². The highest BCUT2D eigenvalue weighted by molar-refractivity contribution is 5.07. The summed E-state index contributed by atoms with van der Waals surface area (Å²) in [4.78, 5) is 4.89. The van der Waals surface area contributed by atoms with Crippen LogP contribution < -0.4 is 5.32 Å². The van der Waals surface area contributed by atoms with Crippen LogP contribution in [0.25, 0.3) is 0 Å². The van der Waals surface area contributed by atoms with Crippen LogP contribution in [0.5, 0.6) is 0 Å². The van der Waals surface area contributed by atoms with Gasteiger partial charge in [0.25, 0.3) is 0 Å². The third-order valence-corrected chi connectivity index (χ3v) is 3.73. The van der Waals surface area contributed by atoms with Gasteiger partial charge in [-0.1, -0.05) is 13.8 Å². The van der Waals surface area contributed by atoms with Gasteiger partial charge >= 0.3 is 0 Å². The van der Waals surface area contributed by atoms with Gasteiger partial charge < -0.3 is 14.6 Å². The molecule has 1 aliphatic rings. The van der Waals surface area contributed by atoms with E-state index in [1.807, 2.05) is 0 Å². The molecule has 1 fully saturated rings. The molecular weight excluding hydrogens is 238 g/mol. The van der Waals surface area contributed by atoms with Gasteiger partial charge in [-0.3, -0.25) is 4.90 Å². The van der Waals surface area contributed by atoms with Crippen LogP contribution in [0.15, 0.2) is 16.5 Å². The molecule has 1 unspecified atom stereocenters. The summed E-state index contributed by atoms with van der Waals surface area (Å²) in [5, 5.41) is 3.38. The van der Waals surface area contributed by atoms with Crippen molar-refractivity contribution in [2.45, 2.75) is 45.9 Å². The molecule has 4 heteroatoms. The summed E-state index contributed by atoms with van der Waals surface area (Å²) in [6.07, 6.45) is 0. The number of hydrogen-bond donors (Lipinski definition) is 1. The average Bonchev–Trinajstić information content (AvgIpc) is 2.78. The largest absolute Gasteiger partial charge is 0.463 e. The number of nitrogens with zero attached hydrogens (tertiary/aromatic N) is 2. The molecule has 1 aliphatic heterocycles. The molecule has 1 N–H and O–H groups in total. The first-order chi connectivity index (χ1) is 9.04. The van der Waals surface area contributed by atoms with Gasteiger partial charge in [0.2, 0.25) is 0 Å². The number of likely N-dealkylation sites (N-methyl/N-ethyl adjacent to an activating group) is 1. The van der Waals surface area contributed by atoms with E-state index in [-0.39, 0.29) is 0 Å². The van der Waals surface area contributed by atoms with Gasteiger partial charge in [-0.05, 0) is 26.1 Å². The van der Waals surface area contributed by atoms with Crippen LogP contribution in [0, 0.1) is 0 Å². The van der Waals surface area contributed by atoms with Crippen molar-refractivity contribution in [2.24, 2.45) is 0 Å². The minimum atomic E-state index is 0.492. The second kappa shape index (κ2) is 6.55. The Morgan fingerprint density at radius 2 is 2.05 bits per heavy atom. The number of furan rings is 1. The Kier molecular flexibility index (Phi) is 5.02. The van der Waals surface area contributed by atoms with Crippen molar-refractivity contribution in [1.29, 1.82) is 0 Å². The monoisotopic (exact) mass is 265 g/mol. The Morgan fingerprint density at radius 1 is 1.32 bits per heavy atom. The topological polar surface area (TPSA) is 31.6 Å². The number of hydrogen-bond acceptors (Lipinski definition) is 4. The first-order valence-electron chi connectivity index (χ1n) is 7.28. The lowest BCUT2D eigenvalue weighted by atomic mass is 10.2. The Balaban J connectivity index is 1.85. The molecule has 0 radical (unpaired) electrons. The molecule has 108 valence electrons. The highest BCUT2D eigenvalue weighted by atomic mass is 16.3. The van der Waals surface area contributed by atoms with Crippen molar-refractivity contribution in [3.05, 3.63) is 23.7 Å². The third-order valence-electron chi connectivity index (χ3n) is 3.73. The molecule has 2 heterocycles. The second-order valence-electron chi connectivity index (χ2n) is 5.99. The Bertz CT molecular complexity index is 388. The van der Waals surface area contributed by atoms with Gasteiger partial charge in [0.1, 0.15) is 11.5 Å². The SMILES string of the molecule is CC(C)NCc1ccc(CN2CCN(C)CC2C)o1. The minimum Gasteiger partial charge on any atom is -0.463 e. The molecule has 0 aliphatic carbocycles. The molecular formula is C15H27N3O. The summed E-state index contributed by atoms with van der Waals surface area (Å²) in [7, 11) is 2.19. The molecule has 4 nitrogen and oxygen atoms in total. The molecule has 1 aromatic rings. The lowest BCUT2D eigenvalue weighted by Crippen LogP contribution is -2.49. The predicted octanol–water partition coefficient (Wildman–Crippen LogP) is 1.91. The first kappa shape index (κ1) is 14.6. The maximum Gasteiger partial charge on any atom is 0.118 e. The molecule has 0 amide bonds. The highest BCUT2D eigenvalue weighted by Crippen LogP contribution is 2.15.